The van der Waals surface area contributed by atoms with E-state index in [1.807, 2.05) is 20.0 Å². The number of carbonyl (C=O) groups is 1. The van der Waals surface area contributed by atoms with Crippen molar-refractivity contribution in [1.82, 2.24) is 20.2 Å². The van der Waals surface area contributed by atoms with Crippen LogP contribution in [0, 0.1) is 5.92 Å². The quantitative estimate of drug-likeness (QED) is 0.750. The van der Waals surface area contributed by atoms with E-state index in [-0.39, 0.29) is 17.9 Å². The zero-order chi connectivity index (χ0) is 14.5. The van der Waals surface area contributed by atoms with Crippen LogP contribution in [-0.4, -0.2) is 51.1 Å². The van der Waals surface area contributed by atoms with E-state index in [1.54, 1.807) is 6.33 Å². The van der Waals surface area contributed by atoms with Crippen molar-refractivity contribution >= 4 is 5.91 Å². The van der Waals surface area contributed by atoms with Crippen molar-refractivity contribution in [2.75, 3.05) is 13.1 Å². The van der Waals surface area contributed by atoms with Crippen LogP contribution >= 0.6 is 0 Å². The van der Waals surface area contributed by atoms with Crippen LogP contribution in [0.4, 0.5) is 0 Å². The number of hydrogen-bond acceptors (Lipinski definition) is 4. The first kappa shape index (κ1) is 15.0. The van der Waals surface area contributed by atoms with Crippen molar-refractivity contribution in [3.05, 3.63) is 18.2 Å². The first-order valence-electron chi connectivity index (χ1n) is 7.24. The number of aliphatic hydroxyl groups is 1. The van der Waals surface area contributed by atoms with Crippen LogP contribution in [0.5, 0.6) is 0 Å². The maximum atomic E-state index is 11.8. The van der Waals surface area contributed by atoms with Gasteiger partial charge in [0.25, 0.3) is 0 Å². The molecule has 2 rings (SSSR count). The van der Waals surface area contributed by atoms with Gasteiger partial charge in [-0.1, -0.05) is 13.8 Å². The van der Waals surface area contributed by atoms with Crippen molar-refractivity contribution < 1.29 is 9.90 Å². The van der Waals surface area contributed by atoms with E-state index in [1.165, 1.54) is 0 Å². The molecule has 0 bridgehead atoms. The van der Waals surface area contributed by atoms with Crippen LogP contribution in [0.1, 0.15) is 32.4 Å². The summed E-state index contributed by atoms with van der Waals surface area (Å²) in [5.41, 5.74) is 1.07. The van der Waals surface area contributed by atoms with E-state index >= 15 is 0 Å². The van der Waals surface area contributed by atoms with Crippen LogP contribution in [0.2, 0.25) is 0 Å². The second-order valence-corrected chi connectivity index (χ2v) is 5.77. The van der Waals surface area contributed by atoms with Gasteiger partial charge >= 0.3 is 0 Å². The lowest BCUT2D eigenvalue weighted by Crippen LogP contribution is -2.44. The Labute approximate surface area is 119 Å². The Balaban J connectivity index is 1.88. The summed E-state index contributed by atoms with van der Waals surface area (Å²) in [6.07, 6.45) is 4.47. The molecule has 1 aliphatic rings. The normalized spacial score (nSPS) is 24.6. The number of hydrogen-bond donors (Lipinski definition) is 3. The SMILES string of the molecule is CC(C)C(=O)N[C@H]1CCN(Cc2cnc[nH]2)CC[C@@H]1O. The van der Waals surface area contributed by atoms with Crippen molar-refractivity contribution in [2.24, 2.45) is 5.92 Å². The van der Waals surface area contributed by atoms with Crippen molar-refractivity contribution in [3.8, 4) is 0 Å². The molecule has 1 amide bonds. The average Bonchev–Trinajstić information content (AvgIpc) is 2.86. The molecule has 0 aliphatic carbocycles. The van der Waals surface area contributed by atoms with Crippen LogP contribution in [0.15, 0.2) is 12.5 Å². The monoisotopic (exact) mass is 280 g/mol. The number of amides is 1. The third-order valence-corrected chi connectivity index (χ3v) is 3.76. The second-order valence-electron chi connectivity index (χ2n) is 5.77. The van der Waals surface area contributed by atoms with E-state index in [9.17, 15) is 9.90 Å². The minimum Gasteiger partial charge on any atom is -0.391 e. The minimum atomic E-state index is -0.468. The molecule has 2 heterocycles. The topological polar surface area (TPSA) is 81.2 Å². The van der Waals surface area contributed by atoms with Gasteiger partial charge in [0.2, 0.25) is 5.91 Å². The third kappa shape index (κ3) is 4.05. The Kier molecular flexibility index (Phi) is 5.14. The van der Waals surface area contributed by atoms with Gasteiger partial charge in [-0.05, 0) is 12.8 Å². The first-order chi connectivity index (χ1) is 9.56. The highest BCUT2D eigenvalue weighted by Gasteiger charge is 2.26. The fourth-order valence-corrected chi connectivity index (χ4v) is 2.43. The largest absolute Gasteiger partial charge is 0.391 e. The van der Waals surface area contributed by atoms with E-state index in [4.69, 9.17) is 0 Å². The summed E-state index contributed by atoms with van der Waals surface area (Å²) in [6, 6.07) is -0.142. The summed E-state index contributed by atoms with van der Waals surface area (Å²) in [5.74, 6) is -0.0392. The Morgan fingerprint density at radius 1 is 1.55 bits per heavy atom. The van der Waals surface area contributed by atoms with Gasteiger partial charge in [0.05, 0.1) is 18.5 Å². The zero-order valence-corrected chi connectivity index (χ0v) is 12.2. The molecule has 1 aliphatic heterocycles. The standard InChI is InChI=1S/C14H24N4O2/c1-10(2)14(20)17-12-3-5-18(6-4-13(12)19)8-11-7-15-9-16-11/h7,9-10,12-13,19H,3-6,8H2,1-2H3,(H,15,16)(H,17,20)/t12-,13-/m0/s1. The summed E-state index contributed by atoms with van der Waals surface area (Å²) in [4.78, 5) is 21.1. The van der Waals surface area contributed by atoms with Crippen molar-refractivity contribution in [2.45, 2.75) is 45.4 Å². The molecule has 1 saturated heterocycles. The van der Waals surface area contributed by atoms with E-state index in [2.05, 4.69) is 20.2 Å². The van der Waals surface area contributed by atoms with Crippen LogP contribution < -0.4 is 5.32 Å². The number of aromatic nitrogens is 2. The molecule has 6 nitrogen and oxygen atoms in total. The van der Waals surface area contributed by atoms with E-state index < -0.39 is 6.10 Å². The maximum Gasteiger partial charge on any atom is 0.222 e. The van der Waals surface area contributed by atoms with Gasteiger partial charge in [-0.25, -0.2) is 4.98 Å². The Hall–Kier alpha value is -1.40. The lowest BCUT2D eigenvalue weighted by Gasteiger charge is -2.22. The van der Waals surface area contributed by atoms with Crippen LogP contribution in [0.25, 0.3) is 0 Å². The van der Waals surface area contributed by atoms with Gasteiger partial charge in [0.1, 0.15) is 0 Å². The molecular formula is C14H24N4O2. The molecule has 20 heavy (non-hydrogen) atoms. The van der Waals surface area contributed by atoms with E-state index in [0.29, 0.717) is 6.42 Å². The Morgan fingerprint density at radius 3 is 2.95 bits per heavy atom. The minimum absolute atomic E-state index is 0.0102. The number of nitrogens with one attached hydrogen (secondary N) is 2. The molecule has 0 unspecified atom stereocenters. The van der Waals surface area contributed by atoms with Gasteiger partial charge in [0, 0.05) is 37.4 Å². The first-order valence-corrected chi connectivity index (χ1v) is 7.24. The smallest absolute Gasteiger partial charge is 0.222 e. The molecular weight excluding hydrogens is 256 g/mol. The maximum absolute atomic E-state index is 11.8. The number of likely N-dealkylation sites (tertiary alicyclic amines) is 1. The van der Waals surface area contributed by atoms with Crippen molar-refractivity contribution in [1.29, 1.82) is 0 Å². The summed E-state index contributed by atoms with van der Waals surface area (Å²) in [5, 5.41) is 13.1. The van der Waals surface area contributed by atoms with Crippen LogP contribution in [-0.2, 0) is 11.3 Å². The fourth-order valence-electron chi connectivity index (χ4n) is 2.43. The van der Waals surface area contributed by atoms with Gasteiger partial charge in [-0.3, -0.25) is 9.69 Å². The number of nitrogens with zero attached hydrogens (tertiary/aromatic N) is 2. The van der Waals surface area contributed by atoms with E-state index in [0.717, 1.165) is 31.7 Å². The molecule has 1 aromatic heterocycles. The lowest BCUT2D eigenvalue weighted by molar-refractivity contribution is -0.125. The molecule has 2 atom stereocenters. The van der Waals surface area contributed by atoms with Crippen molar-refractivity contribution in [3.63, 3.8) is 0 Å². The third-order valence-electron chi connectivity index (χ3n) is 3.76. The highest BCUT2D eigenvalue weighted by atomic mass is 16.3. The number of aromatic amines is 1. The summed E-state index contributed by atoms with van der Waals surface area (Å²) in [7, 11) is 0. The molecule has 6 heteroatoms. The highest BCUT2D eigenvalue weighted by Crippen LogP contribution is 2.14. The number of imidazole rings is 1. The number of H-pyrrole nitrogens is 1. The molecule has 1 aromatic rings. The van der Waals surface area contributed by atoms with Crippen LogP contribution in [0.3, 0.4) is 0 Å². The molecule has 0 spiro atoms. The number of carbonyl (C=O) groups excluding carboxylic acids is 1. The molecule has 0 radical (unpaired) electrons. The zero-order valence-electron chi connectivity index (χ0n) is 12.2. The predicted molar refractivity (Wildman–Crippen MR) is 75.9 cm³/mol. The second kappa shape index (κ2) is 6.85. The molecule has 112 valence electrons. The number of aliphatic hydroxyl groups excluding tert-OH is 1. The van der Waals surface area contributed by atoms with Gasteiger partial charge in [-0.15, -0.1) is 0 Å². The molecule has 3 N–H and O–H groups in total. The predicted octanol–water partition coefficient (Wildman–Crippen LogP) is 0.507. The molecule has 1 fully saturated rings. The fraction of sp³-hybridized carbons (Fsp3) is 0.714. The summed E-state index contributed by atoms with van der Waals surface area (Å²) >= 11 is 0. The number of rotatable bonds is 4. The Bertz CT molecular complexity index is 419. The molecule has 0 aromatic carbocycles. The van der Waals surface area contributed by atoms with Gasteiger partial charge in [0.15, 0.2) is 0 Å². The van der Waals surface area contributed by atoms with Gasteiger partial charge in [-0.2, -0.15) is 0 Å². The summed E-state index contributed by atoms with van der Waals surface area (Å²) in [6.45, 7) is 6.22. The summed E-state index contributed by atoms with van der Waals surface area (Å²) < 4.78 is 0. The average molecular weight is 280 g/mol. The molecule has 0 saturated carbocycles. The lowest BCUT2D eigenvalue weighted by atomic mass is 10.1. The van der Waals surface area contributed by atoms with Gasteiger partial charge < -0.3 is 15.4 Å². The highest BCUT2D eigenvalue weighted by molar-refractivity contribution is 5.78. The Morgan fingerprint density at radius 2 is 2.30 bits per heavy atom.